The van der Waals surface area contributed by atoms with Gasteiger partial charge in [-0.15, -0.1) is 0 Å². The molecule has 6 unspecified atom stereocenters. The summed E-state index contributed by atoms with van der Waals surface area (Å²) in [6.07, 6.45) is 3.33. The van der Waals surface area contributed by atoms with Crippen molar-refractivity contribution < 1.29 is 91.5 Å². The van der Waals surface area contributed by atoms with Crippen LogP contribution in [-0.4, -0.2) is 39.8 Å². The Bertz CT molecular complexity index is 562. The van der Waals surface area contributed by atoms with Gasteiger partial charge in [0.15, 0.2) is 0 Å². The molecule has 0 spiro atoms. The summed E-state index contributed by atoms with van der Waals surface area (Å²) in [7, 11) is -4.32. The SMILES string of the molecule is O=C1C2CCC(SOO[O-])CC2SC2CCC(S(=O)(=O)[O-])CC12.[Na+].[Na+]. The van der Waals surface area contributed by atoms with Crippen LogP contribution in [0.2, 0.25) is 0 Å². The maximum Gasteiger partial charge on any atom is 1.00 e. The van der Waals surface area contributed by atoms with Crippen LogP contribution in [0.1, 0.15) is 38.5 Å². The summed E-state index contributed by atoms with van der Waals surface area (Å²) < 4.78 is 38.2. The van der Waals surface area contributed by atoms with Crippen LogP contribution in [0.25, 0.3) is 0 Å². The summed E-state index contributed by atoms with van der Waals surface area (Å²) in [6, 6.07) is 0. The Morgan fingerprint density at radius 2 is 1.76 bits per heavy atom. The molecular weight excluding hydrogens is 410 g/mol. The molecule has 0 aromatic carbocycles. The number of hydrogen-bond donors (Lipinski definition) is 0. The molecule has 6 atom stereocenters. The molecule has 1 aliphatic heterocycles. The Hall–Kier alpha value is 2.16. The number of carbonyl (C=O) groups is 1. The summed E-state index contributed by atoms with van der Waals surface area (Å²) in [5.74, 6) is -0.273. The van der Waals surface area contributed by atoms with Gasteiger partial charge in [-0.05, 0) is 38.5 Å². The smallest absolute Gasteiger partial charge is 0.748 e. The Morgan fingerprint density at radius 3 is 2.40 bits per heavy atom. The fourth-order valence-electron chi connectivity index (χ4n) is 4.06. The Balaban J connectivity index is 0.00000156. The molecule has 2 saturated carbocycles. The van der Waals surface area contributed by atoms with Gasteiger partial charge in [0, 0.05) is 39.6 Å². The second-order valence-corrected chi connectivity index (χ2v) is 10.6. The monoisotopic (exact) mass is 428 g/mol. The summed E-state index contributed by atoms with van der Waals surface area (Å²) in [6.45, 7) is 0. The Kier molecular flexibility index (Phi) is 10.9. The third kappa shape index (κ3) is 6.07. The fourth-order valence-corrected chi connectivity index (χ4v) is 7.67. The van der Waals surface area contributed by atoms with E-state index in [1.54, 1.807) is 11.8 Å². The minimum absolute atomic E-state index is 0. The van der Waals surface area contributed by atoms with Gasteiger partial charge in [0.2, 0.25) is 0 Å². The van der Waals surface area contributed by atoms with Crippen molar-refractivity contribution in [2.45, 2.75) is 59.5 Å². The molecule has 2 aliphatic carbocycles. The van der Waals surface area contributed by atoms with Crippen LogP contribution < -0.4 is 64.4 Å². The summed E-state index contributed by atoms with van der Waals surface area (Å²) in [5, 5.41) is 12.8. The first kappa shape index (κ1) is 25.2. The van der Waals surface area contributed by atoms with Crippen molar-refractivity contribution in [3.8, 4) is 0 Å². The van der Waals surface area contributed by atoms with Crippen LogP contribution in [0.3, 0.4) is 0 Å². The van der Waals surface area contributed by atoms with Gasteiger partial charge in [-0.25, -0.2) is 8.42 Å². The molecule has 1 saturated heterocycles. The van der Waals surface area contributed by atoms with Crippen LogP contribution in [0, 0.1) is 11.8 Å². The summed E-state index contributed by atoms with van der Waals surface area (Å²) >= 11 is 2.75. The van der Waals surface area contributed by atoms with E-state index < -0.39 is 15.4 Å². The van der Waals surface area contributed by atoms with Crippen molar-refractivity contribution in [1.29, 1.82) is 0 Å². The molecule has 132 valence electrons. The second-order valence-electron chi connectivity index (χ2n) is 6.42. The van der Waals surface area contributed by atoms with Gasteiger partial charge in [0.1, 0.15) is 5.78 Å². The third-order valence-electron chi connectivity index (χ3n) is 5.17. The number of thioether (sulfide) groups is 1. The van der Waals surface area contributed by atoms with E-state index in [0.29, 0.717) is 19.3 Å². The maximum atomic E-state index is 12.8. The number of fused-ring (bicyclic) bond motifs is 2. The van der Waals surface area contributed by atoms with Crippen molar-refractivity contribution in [2.75, 3.05) is 0 Å². The zero-order valence-electron chi connectivity index (χ0n) is 14.3. The average molecular weight is 428 g/mol. The predicted molar refractivity (Wildman–Crippen MR) is 81.9 cm³/mol. The minimum atomic E-state index is -4.32. The molecule has 7 nitrogen and oxygen atoms in total. The quantitative estimate of drug-likeness (QED) is 0.142. The number of carbonyl (C=O) groups excluding carboxylic acids is 1. The van der Waals surface area contributed by atoms with E-state index in [1.165, 1.54) is 0 Å². The van der Waals surface area contributed by atoms with Crippen molar-refractivity contribution >= 4 is 39.7 Å². The number of Topliss-reactive ketones (excluding diaryl/α,β-unsaturated/α-hetero) is 1. The van der Waals surface area contributed by atoms with Crippen molar-refractivity contribution in [2.24, 2.45) is 11.8 Å². The van der Waals surface area contributed by atoms with E-state index in [9.17, 15) is 23.0 Å². The van der Waals surface area contributed by atoms with Crippen LogP contribution in [0.5, 0.6) is 0 Å². The molecule has 1 heterocycles. The molecule has 3 fully saturated rings. The first-order valence-corrected chi connectivity index (χ1v) is 10.9. The van der Waals surface area contributed by atoms with E-state index in [-0.39, 0.29) is 98.9 Å². The first-order valence-electron chi connectivity index (χ1n) is 7.66. The zero-order valence-corrected chi connectivity index (χ0v) is 20.7. The van der Waals surface area contributed by atoms with E-state index in [1.807, 2.05) is 0 Å². The zero-order chi connectivity index (χ0) is 16.6. The van der Waals surface area contributed by atoms with E-state index in [0.717, 1.165) is 24.9 Å². The molecule has 0 bridgehead atoms. The van der Waals surface area contributed by atoms with E-state index in [2.05, 4.69) is 9.37 Å². The van der Waals surface area contributed by atoms with Gasteiger partial charge in [0.05, 0.1) is 15.4 Å². The van der Waals surface area contributed by atoms with Gasteiger partial charge in [-0.2, -0.15) is 16.1 Å². The number of rotatable bonds is 4. The first-order chi connectivity index (χ1) is 10.9. The van der Waals surface area contributed by atoms with Gasteiger partial charge in [-0.3, -0.25) is 9.83 Å². The third-order valence-corrected chi connectivity index (χ3v) is 9.04. The van der Waals surface area contributed by atoms with Gasteiger partial charge >= 0.3 is 59.1 Å². The molecule has 12 heteroatoms. The topological polar surface area (TPSA) is 116 Å². The maximum absolute atomic E-state index is 12.8. The largest absolute Gasteiger partial charge is 1.00 e. The second kappa shape index (κ2) is 10.8. The van der Waals surface area contributed by atoms with Crippen molar-refractivity contribution in [1.82, 2.24) is 0 Å². The van der Waals surface area contributed by atoms with E-state index in [4.69, 9.17) is 0 Å². The normalized spacial score (nSPS) is 37.9. The molecule has 25 heavy (non-hydrogen) atoms. The molecule has 3 rings (SSSR count). The summed E-state index contributed by atoms with van der Waals surface area (Å²) in [5.41, 5.74) is 0. The Labute approximate surface area is 200 Å². The molecule has 3 aliphatic rings. The van der Waals surface area contributed by atoms with Crippen molar-refractivity contribution in [3.05, 3.63) is 0 Å². The molecule has 0 aromatic rings. The van der Waals surface area contributed by atoms with Crippen LogP contribution in [0.4, 0.5) is 0 Å². The molecular formula is C13H18Na2O7S3. The number of hydrogen-bond acceptors (Lipinski definition) is 9. The fraction of sp³-hybridized carbons (Fsp3) is 0.923. The Morgan fingerprint density at radius 1 is 1.04 bits per heavy atom. The minimum Gasteiger partial charge on any atom is -0.748 e. The average Bonchev–Trinajstić information content (AvgIpc) is 2.51. The molecule has 0 N–H and O–H groups in total. The van der Waals surface area contributed by atoms with Crippen molar-refractivity contribution in [3.63, 3.8) is 0 Å². The van der Waals surface area contributed by atoms with Gasteiger partial charge in [0.25, 0.3) is 0 Å². The molecule has 0 amide bonds. The predicted octanol–water partition coefficient (Wildman–Crippen LogP) is -5.20. The number of ketones is 1. The van der Waals surface area contributed by atoms with Crippen LogP contribution >= 0.6 is 23.8 Å². The van der Waals surface area contributed by atoms with Gasteiger partial charge < -0.3 is 9.81 Å². The molecule has 0 aromatic heterocycles. The van der Waals surface area contributed by atoms with Crippen LogP contribution in [-0.2, 0) is 24.3 Å². The van der Waals surface area contributed by atoms with E-state index >= 15 is 0 Å². The van der Waals surface area contributed by atoms with Gasteiger partial charge in [-0.1, -0.05) is 0 Å². The summed E-state index contributed by atoms with van der Waals surface area (Å²) in [4.78, 5) is 12.8. The standard InChI is InChI=1S/C13H20O7S3.2Na/c14-13-9-3-1-7(22-20-19-15)5-12(9)21-11-4-2-8(6-10(11)13)23(16,17)18;;/h7-12,15H,1-6H2,(H,16,17,18);;/q;2*+1/p-2. The van der Waals surface area contributed by atoms with Crippen LogP contribution in [0.15, 0.2) is 0 Å². The molecule has 0 radical (unpaired) electrons.